The monoisotopic (exact) mass is 223 g/mol. The third kappa shape index (κ3) is 2.50. The van der Waals surface area contributed by atoms with Gasteiger partial charge in [-0.1, -0.05) is 18.0 Å². The van der Waals surface area contributed by atoms with E-state index in [1.165, 1.54) is 12.8 Å². The van der Waals surface area contributed by atoms with E-state index in [4.69, 9.17) is 27.9 Å². The number of halogens is 2. The summed E-state index contributed by atoms with van der Waals surface area (Å²) in [6, 6.07) is 0. The van der Waals surface area contributed by atoms with Crippen molar-refractivity contribution in [1.29, 1.82) is 0 Å². The van der Waals surface area contributed by atoms with Gasteiger partial charge in [0.05, 0.1) is 4.87 Å². The van der Waals surface area contributed by atoms with Crippen molar-refractivity contribution in [2.45, 2.75) is 42.9 Å². The third-order valence-corrected chi connectivity index (χ3v) is 3.33. The molecule has 4 heteroatoms. The molecule has 3 atom stereocenters. The van der Waals surface area contributed by atoms with Crippen molar-refractivity contribution in [2.75, 3.05) is 13.1 Å². The molecule has 3 unspecified atom stereocenters. The molecule has 0 bridgehead atoms. The molecule has 2 saturated heterocycles. The molecule has 2 heterocycles. The molecule has 0 saturated carbocycles. The molecule has 0 aromatic rings. The van der Waals surface area contributed by atoms with Gasteiger partial charge in [-0.2, -0.15) is 0 Å². The Morgan fingerprint density at radius 1 is 1.46 bits per heavy atom. The first-order valence-electron chi connectivity index (χ1n) is 4.81. The molecule has 2 rings (SSSR count). The second kappa shape index (κ2) is 3.58. The van der Waals surface area contributed by atoms with Crippen molar-refractivity contribution >= 4 is 23.2 Å². The van der Waals surface area contributed by atoms with Gasteiger partial charge in [-0.15, -0.1) is 11.6 Å². The Morgan fingerprint density at radius 3 is 2.77 bits per heavy atom. The van der Waals surface area contributed by atoms with E-state index in [1.54, 1.807) is 0 Å². The van der Waals surface area contributed by atoms with Crippen LogP contribution in [0.5, 0.6) is 0 Å². The van der Waals surface area contributed by atoms with Crippen LogP contribution in [-0.4, -0.2) is 34.7 Å². The number of alkyl halides is 2. The fourth-order valence-electron chi connectivity index (χ4n) is 1.95. The molecule has 2 nitrogen and oxygen atoms in total. The lowest BCUT2D eigenvalue weighted by atomic mass is 10.1. The van der Waals surface area contributed by atoms with Crippen LogP contribution in [0.1, 0.15) is 26.2 Å². The average Bonchev–Trinajstić information content (AvgIpc) is 2.74. The Balaban J connectivity index is 1.95. The van der Waals surface area contributed by atoms with Crippen molar-refractivity contribution in [3.05, 3.63) is 0 Å². The molecule has 2 fully saturated rings. The van der Waals surface area contributed by atoms with Crippen LogP contribution in [0.25, 0.3) is 0 Å². The standard InChI is InChI=1S/C9H15Cl2NO/c1-9(11)4-2-3-5-12(6-9)8-7(10)13-8/h7-8H,2-6H2,1H3. The summed E-state index contributed by atoms with van der Waals surface area (Å²) in [6.45, 7) is 4.05. The minimum absolute atomic E-state index is 0.0982. The first-order valence-corrected chi connectivity index (χ1v) is 5.62. The van der Waals surface area contributed by atoms with Crippen LogP contribution < -0.4 is 0 Å². The molecule has 0 N–H and O–H groups in total. The number of hydrogen-bond donors (Lipinski definition) is 0. The molecule has 76 valence electrons. The topological polar surface area (TPSA) is 15.8 Å². The van der Waals surface area contributed by atoms with E-state index >= 15 is 0 Å². The molecule has 13 heavy (non-hydrogen) atoms. The average molecular weight is 224 g/mol. The SMILES string of the molecule is CC1(Cl)CCCCN(C2OC2Cl)C1. The van der Waals surface area contributed by atoms with E-state index in [1.807, 2.05) is 0 Å². The summed E-state index contributed by atoms with van der Waals surface area (Å²) in [5, 5.41) is 0. The third-order valence-electron chi connectivity index (χ3n) is 2.70. The predicted molar refractivity (Wildman–Crippen MR) is 54.2 cm³/mol. The summed E-state index contributed by atoms with van der Waals surface area (Å²) < 4.78 is 5.24. The van der Waals surface area contributed by atoms with Crippen LogP contribution in [0.15, 0.2) is 0 Å². The largest absolute Gasteiger partial charge is 0.336 e. The first kappa shape index (κ1) is 10.0. The smallest absolute Gasteiger partial charge is 0.172 e. The van der Waals surface area contributed by atoms with E-state index in [9.17, 15) is 0 Å². The molecule has 2 aliphatic rings. The lowest BCUT2D eigenvalue weighted by molar-refractivity contribution is 0.171. The van der Waals surface area contributed by atoms with Crippen LogP contribution in [0.3, 0.4) is 0 Å². The maximum atomic E-state index is 6.35. The molecular weight excluding hydrogens is 209 g/mol. The van der Waals surface area contributed by atoms with Crippen molar-refractivity contribution in [2.24, 2.45) is 0 Å². The molecule has 2 aliphatic heterocycles. The van der Waals surface area contributed by atoms with Gasteiger partial charge in [-0.25, -0.2) is 0 Å². The first-order chi connectivity index (χ1) is 6.08. The number of ether oxygens (including phenoxy) is 1. The summed E-state index contributed by atoms with van der Waals surface area (Å²) in [7, 11) is 0. The second-order valence-electron chi connectivity index (χ2n) is 4.22. The van der Waals surface area contributed by atoms with Crippen molar-refractivity contribution in [3.8, 4) is 0 Å². The molecule has 0 aliphatic carbocycles. The van der Waals surface area contributed by atoms with Gasteiger partial charge in [0.25, 0.3) is 0 Å². The maximum Gasteiger partial charge on any atom is 0.172 e. The summed E-state index contributed by atoms with van der Waals surface area (Å²) in [4.78, 5) is 2.16. The number of rotatable bonds is 1. The van der Waals surface area contributed by atoms with E-state index in [0.29, 0.717) is 0 Å². The van der Waals surface area contributed by atoms with Gasteiger partial charge in [-0.3, -0.25) is 4.90 Å². The van der Waals surface area contributed by atoms with Crippen molar-refractivity contribution in [1.82, 2.24) is 4.90 Å². The zero-order valence-corrected chi connectivity index (χ0v) is 9.31. The fraction of sp³-hybridized carbons (Fsp3) is 1.00. The molecule has 0 radical (unpaired) electrons. The molecule has 0 aromatic carbocycles. The van der Waals surface area contributed by atoms with E-state index in [-0.39, 0.29) is 16.7 Å². The van der Waals surface area contributed by atoms with Crippen molar-refractivity contribution in [3.63, 3.8) is 0 Å². The number of nitrogens with zero attached hydrogens (tertiary/aromatic N) is 1. The van der Waals surface area contributed by atoms with Gasteiger partial charge < -0.3 is 4.74 Å². The summed E-state index contributed by atoms with van der Waals surface area (Å²) in [5.41, 5.74) is -0.106. The Labute approximate surface area is 89.1 Å². The minimum atomic E-state index is -0.106. The van der Waals surface area contributed by atoms with Crippen LogP contribution >= 0.6 is 23.2 Å². The fourth-order valence-corrected chi connectivity index (χ4v) is 2.50. The molecule has 0 amide bonds. The Kier molecular flexibility index (Phi) is 2.76. The number of likely N-dealkylation sites (tertiary alicyclic amines) is 1. The van der Waals surface area contributed by atoms with E-state index in [2.05, 4.69) is 11.8 Å². The Hall–Kier alpha value is 0.500. The van der Waals surface area contributed by atoms with Gasteiger partial charge in [0.1, 0.15) is 0 Å². The minimum Gasteiger partial charge on any atom is -0.336 e. The van der Waals surface area contributed by atoms with Crippen LogP contribution in [0, 0.1) is 0 Å². The Bertz CT molecular complexity index is 198. The van der Waals surface area contributed by atoms with E-state index in [0.717, 1.165) is 19.5 Å². The highest BCUT2D eigenvalue weighted by molar-refractivity contribution is 6.24. The molecule has 0 spiro atoms. The molecule has 0 aromatic heterocycles. The summed E-state index contributed by atoms with van der Waals surface area (Å²) in [6.07, 6.45) is 3.62. The summed E-state index contributed by atoms with van der Waals surface area (Å²) >= 11 is 12.2. The highest BCUT2D eigenvalue weighted by Gasteiger charge is 2.44. The van der Waals surface area contributed by atoms with Gasteiger partial charge in [0.2, 0.25) is 0 Å². The van der Waals surface area contributed by atoms with Gasteiger partial charge in [0.15, 0.2) is 11.8 Å². The highest BCUT2D eigenvalue weighted by atomic mass is 35.5. The zero-order valence-electron chi connectivity index (χ0n) is 7.80. The predicted octanol–water partition coefficient (Wildman–Crippen LogP) is 2.39. The van der Waals surface area contributed by atoms with Crippen LogP contribution in [0.2, 0.25) is 0 Å². The zero-order chi connectivity index (χ0) is 9.47. The van der Waals surface area contributed by atoms with Crippen LogP contribution in [-0.2, 0) is 4.74 Å². The summed E-state index contributed by atoms with van der Waals surface area (Å²) in [5.74, 6) is 0. The number of epoxide rings is 1. The highest BCUT2D eigenvalue weighted by Crippen LogP contribution is 2.35. The van der Waals surface area contributed by atoms with Crippen LogP contribution in [0.4, 0.5) is 0 Å². The van der Waals surface area contributed by atoms with Crippen molar-refractivity contribution < 1.29 is 4.74 Å². The normalized spacial score (nSPS) is 47.3. The lowest BCUT2D eigenvalue weighted by Crippen LogP contribution is -2.37. The quantitative estimate of drug-likeness (QED) is 0.502. The van der Waals surface area contributed by atoms with Gasteiger partial charge in [-0.05, 0) is 19.8 Å². The van der Waals surface area contributed by atoms with Gasteiger partial charge >= 0.3 is 0 Å². The maximum absolute atomic E-state index is 6.35. The lowest BCUT2D eigenvalue weighted by Gasteiger charge is -2.25. The number of hydrogen-bond acceptors (Lipinski definition) is 2. The van der Waals surface area contributed by atoms with E-state index < -0.39 is 0 Å². The Morgan fingerprint density at radius 2 is 2.15 bits per heavy atom. The second-order valence-corrected chi connectivity index (χ2v) is 5.56. The molecular formula is C9H15Cl2NO. The van der Waals surface area contributed by atoms with Gasteiger partial charge in [0, 0.05) is 13.1 Å².